The minimum Gasteiger partial charge on any atom is -0.366 e. The second-order valence-corrected chi connectivity index (χ2v) is 4.13. The molecule has 0 aromatic carbocycles. The van der Waals surface area contributed by atoms with Crippen molar-refractivity contribution >= 4 is 11.9 Å². The van der Waals surface area contributed by atoms with Gasteiger partial charge in [-0.2, -0.15) is 4.98 Å². The molecule has 1 heterocycles. The van der Waals surface area contributed by atoms with Gasteiger partial charge in [-0.3, -0.25) is 9.89 Å². The maximum absolute atomic E-state index is 12.1. The average molecular weight is 223 g/mol. The van der Waals surface area contributed by atoms with Crippen LogP contribution in [0.4, 0.5) is 5.95 Å². The number of anilines is 1. The molecule has 1 aliphatic rings. The topological polar surface area (TPSA) is 87.9 Å². The van der Waals surface area contributed by atoms with E-state index in [4.69, 9.17) is 5.73 Å². The lowest BCUT2D eigenvalue weighted by Gasteiger charge is -2.20. The summed E-state index contributed by atoms with van der Waals surface area (Å²) >= 11 is 0. The second-order valence-electron chi connectivity index (χ2n) is 4.13. The number of nitrogens with one attached hydrogen (secondary N) is 1. The summed E-state index contributed by atoms with van der Waals surface area (Å²) in [6.07, 6.45) is 4.29. The highest BCUT2D eigenvalue weighted by Crippen LogP contribution is 2.28. The number of carbonyl (C=O) groups is 1. The molecule has 1 aliphatic carbocycles. The Labute approximate surface area is 94.2 Å². The number of hydrogen-bond acceptors (Lipinski definition) is 4. The Hall–Kier alpha value is -1.59. The number of hydrogen-bond donors (Lipinski definition) is 2. The van der Waals surface area contributed by atoms with Crippen LogP contribution in [0, 0.1) is 0 Å². The van der Waals surface area contributed by atoms with E-state index in [0.717, 1.165) is 32.2 Å². The maximum Gasteiger partial charge on any atom is 0.291 e. The van der Waals surface area contributed by atoms with Crippen LogP contribution in [0.2, 0.25) is 0 Å². The summed E-state index contributed by atoms with van der Waals surface area (Å²) in [7, 11) is 0. The SMILES string of the molecule is CCCCN(C(=O)c1nc(N)n[nH]1)C1CC1. The molecule has 0 saturated heterocycles. The Kier molecular flexibility index (Phi) is 3.07. The van der Waals surface area contributed by atoms with Gasteiger partial charge in [-0.1, -0.05) is 13.3 Å². The lowest BCUT2D eigenvalue weighted by molar-refractivity contribution is 0.0729. The summed E-state index contributed by atoms with van der Waals surface area (Å²) in [6, 6.07) is 0.394. The van der Waals surface area contributed by atoms with Crippen molar-refractivity contribution in [3.05, 3.63) is 5.82 Å². The fraction of sp³-hybridized carbons (Fsp3) is 0.700. The zero-order valence-electron chi connectivity index (χ0n) is 9.44. The zero-order chi connectivity index (χ0) is 11.5. The largest absolute Gasteiger partial charge is 0.366 e. The van der Waals surface area contributed by atoms with Gasteiger partial charge in [-0.25, -0.2) is 0 Å². The van der Waals surface area contributed by atoms with Crippen LogP contribution in [0.1, 0.15) is 43.2 Å². The van der Waals surface area contributed by atoms with E-state index in [-0.39, 0.29) is 17.7 Å². The number of amides is 1. The third-order valence-electron chi connectivity index (χ3n) is 2.71. The second kappa shape index (κ2) is 4.51. The number of nitrogen functional groups attached to an aromatic ring is 1. The van der Waals surface area contributed by atoms with Crippen molar-refractivity contribution in [2.24, 2.45) is 0 Å². The molecular formula is C10H17N5O. The Morgan fingerprint density at radius 2 is 2.38 bits per heavy atom. The minimum absolute atomic E-state index is 0.0832. The van der Waals surface area contributed by atoms with Gasteiger partial charge in [-0.05, 0) is 19.3 Å². The molecular weight excluding hydrogens is 206 g/mol. The molecule has 88 valence electrons. The van der Waals surface area contributed by atoms with Crippen molar-refractivity contribution in [3.63, 3.8) is 0 Å². The number of unbranched alkanes of at least 4 members (excludes halogenated alkanes) is 1. The third-order valence-corrected chi connectivity index (χ3v) is 2.71. The molecule has 0 spiro atoms. The van der Waals surface area contributed by atoms with Crippen molar-refractivity contribution in [1.29, 1.82) is 0 Å². The van der Waals surface area contributed by atoms with Gasteiger partial charge in [-0.15, -0.1) is 5.10 Å². The van der Waals surface area contributed by atoms with E-state index in [1.807, 2.05) is 4.90 Å². The fourth-order valence-electron chi connectivity index (χ4n) is 1.67. The van der Waals surface area contributed by atoms with Crippen LogP contribution < -0.4 is 5.73 Å². The smallest absolute Gasteiger partial charge is 0.291 e. The first kappa shape index (κ1) is 10.9. The first-order valence-electron chi connectivity index (χ1n) is 5.71. The molecule has 1 aromatic rings. The molecule has 1 fully saturated rings. The highest BCUT2D eigenvalue weighted by atomic mass is 16.2. The molecule has 1 amide bonds. The molecule has 0 radical (unpaired) electrons. The van der Waals surface area contributed by atoms with Gasteiger partial charge in [0, 0.05) is 12.6 Å². The summed E-state index contributed by atoms with van der Waals surface area (Å²) < 4.78 is 0. The van der Waals surface area contributed by atoms with E-state index in [1.54, 1.807) is 0 Å². The Balaban J connectivity index is 2.04. The van der Waals surface area contributed by atoms with Crippen LogP contribution in [0.25, 0.3) is 0 Å². The highest BCUT2D eigenvalue weighted by Gasteiger charge is 2.33. The van der Waals surface area contributed by atoms with Gasteiger partial charge in [0.15, 0.2) is 0 Å². The van der Waals surface area contributed by atoms with E-state index >= 15 is 0 Å². The molecule has 1 aromatic heterocycles. The number of aromatic nitrogens is 3. The number of H-pyrrole nitrogens is 1. The molecule has 0 atom stereocenters. The van der Waals surface area contributed by atoms with Crippen LogP contribution in [-0.4, -0.2) is 38.6 Å². The van der Waals surface area contributed by atoms with Gasteiger partial charge >= 0.3 is 0 Å². The molecule has 1 saturated carbocycles. The third kappa shape index (κ3) is 2.32. The van der Waals surface area contributed by atoms with Crippen molar-refractivity contribution in [1.82, 2.24) is 20.1 Å². The summed E-state index contributed by atoms with van der Waals surface area (Å²) in [5.41, 5.74) is 5.38. The van der Waals surface area contributed by atoms with Gasteiger partial charge in [0.2, 0.25) is 11.8 Å². The summed E-state index contributed by atoms with van der Waals surface area (Å²) in [4.78, 5) is 17.8. The van der Waals surface area contributed by atoms with Crippen molar-refractivity contribution in [2.45, 2.75) is 38.6 Å². The van der Waals surface area contributed by atoms with E-state index in [2.05, 4.69) is 22.1 Å². The number of nitrogens with two attached hydrogens (primary N) is 1. The lowest BCUT2D eigenvalue weighted by atomic mass is 10.3. The van der Waals surface area contributed by atoms with Gasteiger partial charge in [0.05, 0.1) is 0 Å². The van der Waals surface area contributed by atoms with Gasteiger partial charge in [0.25, 0.3) is 5.91 Å². The quantitative estimate of drug-likeness (QED) is 0.772. The minimum atomic E-state index is -0.0832. The standard InChI is InChI=1S/C10H17N5O/c1-2-3-6-15(7-4-5-7)9(16)8-12-10(11)14-13-8/h7H,2-6H2,1H3,(H3,11,12,13,14). The predicted octanol–water partition coefficient (Wildman–Crippen LogP) is 0.792. The van der Waals surface area contributed by atoms with Crippen LogP contribution in [0.5, 0.6) is 0 Å². The van der Waals surface area contributed by atoms with E-state index in [0.29, 0.717) is 6.04 Å². The molecule has 0 bridgehead atoms. The Morgan fingerprint density at radius 1 is 1.62 bits per heavy atom. The van der Waals surface area contributed by atoms with Crippen molar-refractivity contribution < 1.29 is 4.79 Å². The molecule has 0 aliphatic heterocycles. The Bertz CT molecular complexity index is 371. The monoisotopic (exact) mass is 223 g/mol. The van der Waals surface area contributed by atoms with Crippen molar-refractivity contribution in [3.8, 4) is 0 Å². The first-order valence-corrected chi connectivity index (χ1v) is 5.71. The van der Waals surface area contributed by atoms with E-state index in [9.17, 15) is 4.79 Å². The average Bonchev–Trinajstić information content (AvgIpc) is 3.01. The zero-order valence-corrected chi connectivity index (χ0v) is 9.44. The number of nitrogens with zero attached hydrogens (tertiary/aromatic N) is 3. The first-order chi connectivity index (χ1) is 7.72. The van der Waals surface area contributed by atoms with Crippen LogP contribution >= 0.6 is 0 Å². The fourth-order valence-corrected chi connectivity index (χ4v) is 1.67. The van der Waals surface area contributed by atoms with E-state index < -0.39 is 0 Å². The summed E-state index contributed by atoms with van der Waals surface area (Å²) in [5, 5.41) is 6.24. The maximum atomic E-state index is 12.1. The van der Waals surface area contributed by atoms with E-state index in [1.165, 1.54) is 0 Å². The normalized spacial score (nSPS) is 15.1. The molecule has 6 heteroatoms. The highest BCUT2D eigenvalue weighted by molar-refractivity contribution is 5.91. The van der Waals surface area contributed by atoms with Gasteiger partial charge in [0.1, 0.15) is 0 Å². The molecule has 16 heavy (non-hydrogen) atoms. The summed E-state index contributed by atoms with van der Waals surface area (Å²) in [5.74, 6) is 0.287. The number of aromatic amines is 1. The van der Waals surface area contributed by atoms with Gasteiger partial charge < -0.3 is 10.6 Å². The van der Waals surface area contributed by atoms with Crippen LogP contribution in [0.3, 0.4) is 0 Å². The molecule has 0 unspecified atom stereocenters. The number of rotatable bonds is 5. The Morgan fingerprint density at radius 3 is 2.88 bits per heavy atom. The number of carbonyl (C=O) groups excluding carboxylic acids is 1. The molecule has 2 rings (SSSR count). The van der Waals surface area contributed by atoms with Crippen LogP contribution in [-0.2, 0) is 0 Å². The molecule has 3 N–H and O–H groups in total. The predicted molar refractivity (Wildman–Crippen MR) is 59.8 cm³/mol. The summed E-state index contributed by atoms with van der Waals surface area (Å²) in [6.45, 7) is 2.91. The lowest BCUT2D eigenvalue weighted by Crippen LogP contribution is -2.34. The van der Waals surface area contributed by atoms with Crippen molar-refractivity contribution in [2.75, 3.05) is 12.3 Å². The van der Waals surface area contributed by atoms with Crippen LogP contribution in [0.15, 0.2) is 0 Å². The molecule has 6 nitrogen and oxygen atoms in total.